The Morgan fingerprint density at radius 1 is 1.24 bits per heavy atom. The van der Waals surface area contributed by atoms with Crippen LogP contribution in [0.4, 0.5) is 13.2 Å². The standard InChI is InChI=1S/C12H11F3OS/c13-12(14,15)9-3-1-8(2-4-9)11(16)7-17-10-5-6-10/h1-4,10H,5-7H2. The maximum absolute atomic E-state index is 12.3. The molecule has 0 amide bonds. The van der Waals surface area contributed by atoms with Gasteiger partial charge in [0.1, 0.15) is 0 Å². The van der Waals surface area contributed by atoms with Crippen molar-refractivity contribution in [2.24, 2.45) is 0 Å². The van der Waals surface area contributed by atoms with Gasteiger partial charge in [0.2, 0.25) is 0 Å². The van der Waals surface area contributed by atoms with Crippen LogP contribution in [0, 0.1) is 0 Å². The summed E-state index contributed by atoms with van der Waals surface area (Å²) in [7, 11) is 0. The summed E-state index contributed by atoms with van der Waals surface area (Å²) >= 11 is 1.58. The zero-order chi connectivity index (χ0) is 12.5. The first-order chi connectivity index (χ1) is 7.97. The van der Waals surface area contributed by atoms with Gasteiger partial charge in [-0.2, -0.15) is 24.9 Å². The Hall–Kier alpha value is -0.970. The van der Waals surface area contributed by atoms with Crippen LogP contribution in [0.1, 0.15) is 28.8 Å². The fraction of sp³-hybridized carbons (Fsp3) is 0.417. The van der Waals surface area contributed by atoms with E-state index >= 15 is 0 Å². The maximum Gasteiger partial charge on any atom is 0.416 e. The second-order valence-electron chi connectivity index (χ2n) is 4.01. The molecule has 0 atom stereocenters. The number of ketones is 1. The molecule has 0 aromatic heterocycles. The molecule has 1 fully saturated rings. The second-order valence-corrected chi connectivity index (χ2v) is 5.30. The Morgan fingerprint density at radius 2 is 1.82 bits per heavy atom. The molecule has 1 nitrogen and oxygen atoms in total. The summed E-state index contributed by atoms with van der Waals surface area (Å²) in [6, 6.07) is 4.40. The van der Waals surface area contributed by atoms with Gasteiger partial charge in [-0.3, -0.25) is 4.79 Å². The summed E-state index contributed by atoms with van der Waals surface area (Å²) in [4.78, 5) is 11.6. The summed E-state index contributed by atoms with van der Waals surface area (Å²) in [5.41, 5.74) is -0.366. The van der Waals surface area contributed by atoms with Crippen molar-refractivity contribution in [1.29, 1.82) is 0 Å². The van der Waals surface area contributed by atoms with Gasteiger partial charge in [0.25, 0.3) is 0 Å². The highest BCUT2D eigenvalue weighted by Crippen LogP contribution is 2.34. The van der Waals surface area contributed by atoms with Gasteiger partial charge in [-0.15, -0.1) is 0 Å². The average Bonchev–Trinajstić information content (AvgIpc) is 3.09. The Bertz CT molecular complexity index is 407. The number of hydrogen-bond acceptors (Lipinski definition) is 2. The molecule has 1 saturated carbocycles. The van der Waals surface area contributed by atoms with E-state index < -0.39 is 11.7 Å². The van der Waals surface area contributed by atoms with Crippen LogP contribution in [0.3, 0.4) is 0 Å². The summed E-state index contributed by atoms with van der Waals surface area (Å²) in [6.07, 6.45) is -2.06. The highest BCUT2D eigenvalue weighted by molar-refractivity contribution is 8.00. The van der Waals surface area contributed by atoms with Crippen LogP contribution in [0.25, 0.3) is 0 Å². The van der Waals surface area contributed by atoms with E-state index in [2.05, 4.69) is 0 Å². The van der Waals surface area contributed by atoms with Gasteiger partial charge < -0.3 is 0 Å². The zero-order valence-corrected chi connectivity index (χ0v) is 9.77. The van der Waals surface area contributed by atoms with E-state index in [0.29, 0.717) is 16.6 Å². The molecule has 1 aromatic rings. The van der Waals surface area contributed by atoms with Gasteiger partial charge in [-0.1, -0.05) is 12.1 Å². The summed E-state index contributed by atoms with van der Waals surface area (Å²) in [5.74, 6) is 0.256. The first kappa shape index (κ1) is 12.5. The van der Waals surface area contributed by atoms with Crippen molar-refractivity contribution in [1.82, 2.24) is 0 Å². The fourth-order valence-corrected chi connectivity index (χ4v) is 2.38. The van der Waals surface area contributed by atoms with E-state index in [0.717, 1.165) is 25.0 Å². The van der Waals surface area contributed by atoms with Gasteiger partial charge >= 0.3 is 6.18 Å². The Labute approximate surface area is 101 Å². The van der Waals surface area contributed by atoms with Crippen LogP contribution in [0.5, 0.6) is 0 Å². The van der Waals surface area contributed by atoms with Crippen LogP contribution in [0.2, 0.25) is 0 Å². The zero-order valence-electron chi connectivity index (χ0n) is 8.96. The number of thioether (sulfide) groups is 1. The molecule has 1 aliphatic carbocycles. The lowest BCUT2D eigenvalue weighted by atomic mass is 10.1. The quantitative estimate of drug-likeness (QED) is 0.766. The molecule has 0 aliphatic heterocycles. The van der Waals surface area contributed by atoms with Crippen molar-refractivity contribution in [3.05, 3.63) is 35.4 Å². The summed E-state index contributed by atoms with van der Waals surface area (Å²) in [5, 5.41) is 0.577. The Morgan fingerprint density at radius 3 is 2.29 bits per heavy atom. The third kappa shape index (κ3) is 3.49. The minimum absolute atomic E-state index is 0.101. The van der Waals surface area contributed by atoms with E-state index in [1.54, 1.807) is 11.8 Å². The average molecular weight is 260 g/mol. The molecule has 0 unspecified atom stereocenters. The lowest BCUT2D eigenvalue weighted by Gasteiger charge is -2.07. The fourth-order valence-electron chi connectivity index (χ4n) is 1.36. The van der Waals surface area contributed by atoms with Crippen molar-refractivity contribution in [2.75, 3.05) is 5.75 Å². The predicted octanol–water partition coefficient (Wildman–Crippen LogP) is 3.78. The number of benzene rings is 1. The van der Waals surface area contributed by atoms with Crippen molar-refractivity contribution in [2.45, 2.75) is 24.3 Å². The second kappa shape index (κ2) is 4.72. The van der Waals surface area contributed by atoms with Gasteiger partial charge in [-0.05, 0) is 25.0 Å². The lowest BCUT2D eigenvalue weighted by molar-refractivity contribution is -0.137. The molecule has 0 heterocycles. The highest BCUT2D eigenvalue weighted by Gasteiger charge is 2.30. The van der Waals surface area contributed by atoms with Gasteiger partial charge in [0.15, 0.2) is 5.78 Å². The van der Waals surface area contributed by atoms with Crippen molar-refractivity contribution >= 4 is 17.5 Å². The molecule has 0 radical (unpaired) electrons. The normalized spacial score (nSPS) is 15.9. The summed E-state index contributed by atoms with van der Waals surface area (Å²) < 4.78 is 36.9. The molecule has 1 aromatic carbocycles. The van der Waals surface area contributed by atoms with E-state index in [4.69, 9.17) is 0 Å². The highest BCUT2D eigenvalue weighted by atomic mass is 32.2. The Balaban J connectivity index is 1.98. The lowest BCUT2D eigenvalue weighted by Crippen LogP contribution is -2.07. The molecule has 2 rings (SSSR count). The molecule has 17 heavy (non-hydrogen) atoms. The molecule has 0 N–H and O–H groups in total. The van der Waals surface area contributed by atoms with E-state index in [9.17, 15) is 18.0 Å². The third-order valence-electron chi connectivity index (χ3n) is 2.51. The van der Waals surface area contributed by atoms with Gasteiger partial charge in [-0.25, -0.2) is 0 Å². The number of rotatable bonds is 4. The molecular weight excluding hydrogens is 249 g/mol. The SMILES string of the molecule is O=C(CSC1CC1)c1ccc(C(F)(F)F)cc1. The van der Waals surface area contributed by atoms with Gasteiger partial charge in [0, 0.05) is 10.8 Å². The minimum atomic E-state index is -4.34. The largest absolute Gasteiger partial charge is 0.416 e. The number of alkyl halides is 3. The minimum Gasteiger partial charge on any atom is -0.293 e. The van der Waals surface area contributed by atoms with Crippen molar-refractivity contribution in [3.8, 4) is 0 Å². The van der Waals surface area contributed by atoms with E-state index in [1.807, 2.05) is 0 Å². The van der Waals surface area contributed by atoms with Crippen molar-refractivity contribution < 1.29 is 18.0 Å². The molecule has 1 aliphatic rings. The van der Waals surface area contributed by atoms with Crippen LogP contribution in [0.15, 0.2) is 24.3 Å². The van der Waals surface area contributed by atoms with E-state index in [-0.39, 0.29) is 5.78 Å². The van der Waals surface area contributed by atoms with Crippen LogP contribution < -0.4 is 0 Å². The topological polar surface area (TPSA) is 17.1 Å². The van der Waals surface area contributed by atoms with E-state index in [1.165, 1.54) is 12.1 Å². The number of hydrogen-bond donors (Lipinski definition) is 0. The third-order valence-corrected chi connectivity index (χ3v) is 3.88. The summed E-state index contributed by atoms with van der Waals surface area (Å²) in [6.45, 7) is 0. The monoisotopic (exact) mass is 260 g/mol. The number of carbonyl (C=O) groups excluding carboxylic acids is 1. The van der Waals surface area contributed by atoms with Crippen LogP contribution in [-0.2, 0) is 6.18 Å². The molecular formula is C12H11F3OS. The maximum atomic E-state index is 12.3. The number of Topliss-reactive ketones (excluding diaryl/α,β-unsaturated/α-hetero) is 1. The smallest absolute Gasteiger partial charge is 0.293 e. The van der Waals surface area contributed by atoms with Crippen LogP contribution >= 0.6 is 11.8 Å². The number of halogens is 3. The first-order valence-corrected chi connectivity index (χ1v) is 6.34. The van der Waals surface area contributed by atoms with Crippen LogP contribution in [-0.4, -0.2) is 16.8 Å². The number of carbonyl (C=O) groups is 1. The Kier molecular flexibility index (Phi) is 3.47. The first-order valence-electron chi connectivity index (χ1n) is 5.29. The predicted molar refractivity (Wildman–Crippen MR) is 61.3 cm³/mol. The molecule has 0 spiro atoms. The van der Waals surface area contributed by atoms with Gasteiger partial charge in [0.05, 0.1) is 11.3 Å². The molecule has 5 heteroatoms. The van der Waals surface area contributed by atoms with Crippen molar-refractivity contribution in [3.63, 3.8) is 0 Å². The molecule has 0 bridgehead atoms. The molecule has 92 valence electrons. The molecule has 0 saturated heterocycles.